The van der Waals surface area contributed by atoms with Crippen LogP contribution in [0.3, 0.4) is 0 Å². The van der Waals surface area contributed by atoms with E-state index in [0.717, 1.165) is 0 Å². The van der Waals surface area contributed by atoms with Crippen molar-refractivity contribution in [3.63, 3.8) is 0 Å². The lowest BCUT2D eigenvalue weighted by molar-refractivity contribution is -0.125. The summed E-state index contributed by atoms with van der Waals surface area (Å²) in [6.45, 7) is 10.5. The highest BCUT2D eigenvalue weighted by Gasteiger charge is 2.17. The molecular weight excluding hydrogens is 309 g/mol. The third-order valence-corrected chi connectivity index (χ3v) is 3.42. The van der Waals surface area contributed by atoms with Crippen LogP contribution in [0.4, 0.5) is 4.39 Å². The lowest BCUT2D eigenvalue weighted by Crippen LogP contribution is -2.47. The van der Waals surface area contributed by atoms with Crippen LogP contribution in [0.15, 0.2) is 18.2 Å². The van der Waals surface area contributed by atoms with Gasteiger partial charge in [-0.3, -0.25) is 14.5 Å². The highest BCUT2D eigenvalue weighted by atomic mass is 19.1. The van der Waals surface area contributed by atoms with E-state index in [1.165, 1.54) is 6.07 Å². The second-order valence-corrected chi connectivity index (χ2v) is 6.96. The molecule has 24 heavy (non-hydrogen) atoms. The second-order valence-electron chi connectivity index (χ2n) is 6.96. The molecule has 2 N–H and O–H groups in total. The smallest absolute Gasteiger partial charge is 0.234 e. The van der Waals surface area contributed by atoms with E-state index >= 15 is 0 Å². The number of halogens is 1. The predicted octanol–water partition coefficient (Wildman–Crippen LogP) is 1.99. The summed E-state index contributed by atoms with van der Waals surface area (Å²) < 4.78 is 13.5. The van der Waals surface area contributed by atoms with Gasteiger partial charge in [0.05, 0.1) is 13.1 Å². The van der Waals surface area contributed by atoms with E-state index in [0.29, 0.717) is 17.7 Å². The number of nitrogens with zero attached hydrogens (tertiary/aromatic N) is 1. The first-order valence-corrected chi connectivity index (χ1v) is 8.16. The van der Waals surface area contributed by atoms with Crippen LogP contribution in [0.2, 0.25) is 0 Å². The zero-order valence-electron chi connectivity index (χ0n) is 15.2. The highest BCUT2D eigenvalue weighted by Crippen LogP contribution is 2.08. The van der Waals surface area contributed by atoms with Crippen LogP contribution in [0, 0.1) is 12.7 Å². The van der Waals surface area contributed by atoms with Crippen LogP contribution >= 0.6 is 0 Å². The van der Waals surface area contributed by atoms with Crippen LogP contribution in [-0.4, -0.2) is 41.9 Å². The fraction of sp³-hybridized carbons (Fsp3) is 0.556. The summed E-state index contributed by atoms with van der Waals surface area (Å²) in [7, 11) is 0. The van der Waals surface area contributed by atoms with E-state index in [4.69, 9.17) is 0 Å². The molecule has 0 heterocycles. The molecule has 0 aromatic heterocycles. The molecule has 1 aromatic carbocycles. The Balaban J connectivity index is 2.46. The lowest BCUT2D eigenvalue weighted by atomic mass is 10.1. The summed E-state index contributed by atoms with van der Waals surface area (Å²) in [5.41, 5.74) is 0.987. The molecule has 0 aliphatic heterocycles. The van der Waals surface area contributed by atoms with Crippen LogP contribution in [0.25, 0.3) is 0 Å². The molecule has 1 aromatic rings. The Bertz CT molecular complexity index is 582. The van der Waals surface area contributed by atoms with Gasteiger partial charge in [0.15, 0.2) is 0 Å². The van der Waals surface area contributed by atoms with E-state index in [-0.39, 0.29) is 42.8 Å². The molecule has 0 radical (unpaired) electrons. The summed E-state index contributed by atoms with van der Waals surface area (Å²) in [6, 6.07) is 4.89. The van der Waals surface area contributed by atoms with Crippen molar-refractivity contribution in [1.29, 1.82) is 0 Å². The number of amides is 2. The standard InChI is InChI=1S/C18H28FN3O2/c1-6-22(12-17(24)21-18(3,4)5)11-16(23)20-10-14-8-7-13(2)15(19)9-14/h7-9H,6,10-12H2,1-5H3,(H,20,23)(H,21,24). The van der Waals surface area contributed by atoms with Crippen molar-refractivity contribution >= 4 is 11.8 Å². The molecule has 0 atom stereocenters. The molecular formula is C18H28FN3O2. The van der Waals surface area contributed by atoms with E-state index in [2.05, 4.69) is 10.6 Å². The summed E-state index contributed by atoms with van der Waals surface area (Å²) in [6.07, 6.45) is 0. The maximum atomic E-state index is 13.5. The number of carbonyl (C=O) groups excluding carboxylic acids is 2. The van der Waals surface area contributed by atoms with Crippen molar-refractivity contribution in [2.24, 2.45) is 0 Å². The first-order chi connectivity index (χ1) is 11.1. The number of carbonyl (C=O) groups is 2. The van der Waals surface area contributed by atoms with Crippen molar-refractivity contribution in [2.45, 2.75) is 46.7 Å². The van der Waals surface area contributed by atoms with Crippen molar-refractivity contribution in [2.75, 3.05) is 19.6 Å². The van der Waals surface area contributed by atoms with Crippen molar-refractivity contribution < 1.29 is 14.0 Å². The predicted molar refractivity (Wildman–Crippen MR) is 93.0 cm³/mol. The largest absolute Gasteiger partial charge is 0.351 e. The van der Waals surface area contributed by atoms with Gasteiger partial charge in [0.1, 0.15) is 5.82 Å². The molecule has 0 aliphatic rings. The molecule has 6 heteroatoms. The fourth-order valence-electron chi connectivity index (χ4n) is 2.15. The molecule has 2 amide bonds. The quantitative estimate of drug-likeness (QED) is 0.800. The zero-order valence-corrected chi connectivity index (χ0v) is 15.2. The molecule has 0 bridgehead atoms. The first kappa shape index (κ1) is 20.1. The van der Waals surface area contributed by atoms with Crippen LogP contribution in [0.1, 0.15) is 38.8 Å². The first-order valence-electron chi connectivity index (χ1n) is 8.16. The van der Waals surface area contributed by atoms with Gasteiger partial charge in [-0.25, -0.2) is 4.39 Å². The van der Waals surface area contributed by atoms with Gasteiger partial charge in [0.2, 0.25) is 11.8 Å². The topological polar surface area (TPSA) is 61.4 Å². The minimum Gasteiger partial charge on any atom is -0.351 e. The Morgan fingerprint density at radius 3 is 2.33 bits per heavy atom. The summed E-state index contributed by atoms with van der Waals surface area (Å²) in [4.78, 5) is 25.7. The van der Waals surface area contributed by atoms with Crippen LogP contribution in [-0.2, 0) is 16.1 Å². The molecule has 0 saturated heterocycles. The number of nitrogens with one attached hydrogen (secondary N) is 2. The molecule has 0 unspecified atom stereocenters. The van der Waals surface area contributed by atoms with Gasteiger partial charge in [-0.05, 0) is 51.4 Å². The van der Waals surface area contributed by atoms with Crippen molar-refractivity contribution in [1.82, 2.24) is 15.5 Å². The number of aryl methyl sites for hydroxylation is 1. The number of hydrogen-bond acceptors (Lipinski definition) is 3. The molecule has 134 valence electrons. The maximum absolute atomic E-state index is 13.5. The third kappa shape index (κ3) is 7.55. The van der Waals surface area contributed by atoms with E-state index in [9.17, 15) is 14.0 Å². The summed E-state index contributed by atoms with van der Waals surface area (Å²) >= 11 is 0. The Labute approximate surface area is 143 Å². The SMILES string of the molecule is CCN(CC(=O)NCc1ccc(C)c(F)c1)CC(=O)NC(C)(C)C. The van der Waals surface area contributed by atoms with Crippen molar-refractivity contribution in [3.8, 4) is 0 Å². The molecule has 0 aliphatic carbocycles. The maximum Gasteiger partial charge on any atom is 0.234 e. The number of hydrogen-bond donors (Lipinski definition) is 2. The van der Waals surface area contributed by atoms with Crippen molar-refractivity contribution in [3.05, 3.63) is 35.1 Å². The molecule has 1 rings (SSSR count). The number of likely N-dealkylation sites (N-methyl/N-ethyl adjacent to an activating group) is 1. The number of benzene rings is 1. The van der Waals surface area contributed by atoms with Gasteiger partial charge in [0, 0.05) is 12.1 Å². The number of rotatable bonds is 7. The molecule has 5 nitrogen and oxygen atoms in total. The Morgan fingerprint density at radius 1 is 1.17 bits per heavy atom. The van der Waals surface area contributed by atoms with E-state index in [1.54, 1.807) is 24.0 Å². The monoisotopic (exact) mass is 337 g/mol. The van der Waals surface area contributed by atoms with E-state index < -0.39 is 0 Å². The average molecular weight is 337 g/mol. The molecule has 0 fully saturated rings. The van der Waals surface area contributed by atoms with Crippen LogP contribution in [0.5, 0.6) is 0 Å². The van der Waals surface area contributed by atoms with Gasteiger partial charge < -0.3 is 10.6 Å². The zero-order chi connectivity index (χ0) is 18.3. The van der Waals surface area contributed by atoms with Gasteiger partial charge in [-0.2, -0.15) is 0 Å². The minimum atomic E-state index is -0.297. The second kappa shape index (κ2) is 8.78. The summed E-state index contributed by atoms with van der Waals surface area (Å²) in [5, 5.41) is 5.63. The normalized spacial score (nSPS) is 11.5. The van der Waals surface area contributed by atoms with Gasteiger partial charge in [-0.1, -0.05) is 19.1 Å². The fourth-order valence-corrected chi connectivity index (χ4v) is 2.15. The van der Waals surface area contributed by atoms with E-state index in [1.807, 2.05) is 27.7 Å². The minimum absolute atomic E-state index is 0.113. The van der Waals surface area contributed by atoms with Gasteiger partial charge in [-0.15, -0.1) is 0 Å². The van der Waals surface area contributed by atoms with Crippen LogP contribution < -0.4 is 10.6 Å². The Morgan fingerprint density at radius 2 is 1.79 bits per heavy atom. The van der Waals surface area contributed by atoms with Gasteiger partial charge >= 0.3 is 0 Å². The molecule has 0 spiro atoms. The summed E-state index contributed by atoms with van der Waals surface area (Å²) in [5.74, 6) is -0.588. The highest BCUT2D eigenvalue weighted by molar-refractivity contribution is 5.81. The van der Waals surface area contributed by atoms with Gasteiger partial charge in [0.25, 0.3) is 0 Å². The Kier molecular flexibility index (Phi) is 7.35. The third-order valence-electron chi connectivity index (χ3n) is 3.42. The average Bonchev–Trinajstić information content (AvgIpc) is 2.45. The lowest BCUT2D eigenvalue weighted by Gasteiger charge is -2.24. The Hall–Kier alpha value is -1.95. The molecule has 0 saturated carbocycles.